The maximum absolute atomic E-state index is 12.8. The van der Waals surface area contributed by atoms with E-state index in [1.54, 1.807) is 26.8 Å². The van der Waals surface area contributed by atoms with Gasteiger partial charge >= 0.3 is 17.9 Å². The van der Waals surface area contributed by atoms with Crippen molar-refractivity contribution < 1.29 is 32.8 Å². The third kappa shape index (κ3) is 4.34. The molecule has 0 aromatic carbocycles. The van der Waals surface area contributed by atoms with E-state index in [4.69, 9.17) is 14.2 Å². The zero-order valence-electron chi connectivity index (χ0n) is 19.5. The standard InChI is InChI=1S/C24H32O7S/c1-7-13(2)22(26)31-21-20-14(3)23(27)30-18(20)12-16-8-9-17(15(4)24(16,21)5)29-19(25)10-11-32(6)28/h7,10-11,15-18,21H,8-9,12H2,1-6H3/b11-10+,13-7+. The number of esters is 3. The Kier molecular flexibility index (Phi) is 7.12. The first kappa shape index (κ1) is 24.4. The first-order chi connectivity index (χ1) is 15.0. The summed E-state index contributed by atoms with van der Waals surface area (Å²) >= 11 is 0. The maximum atomic E-state index is 12.8. The highest BCUT2D eigenvalue weighted by molar-refractivity contribution is 7.87. The fraction of sp³-hybridized carbons (Fsp3) is 0.625. The topological polar surface area (TPSA) is 96.0 Å². The molecule has 8 heteroatoms. The SMILES string of the molecule is C/C=C(\C)C(=O)OC1C2=C(C)C(=O)OC2CC2CCC(OC(=O)/C=C/S(C)=O)C(C)C21C. The Morgan fingerprint density at radius 2 is 1.94 bits per heavy atom. The Hall–Kier alpha value is -2.22. The van der Waals surface area contributed by atoms with E-state index in [2.05, 4.69) is 6.92 Å². The molecule has 1 heterocycles. The van der Waals surface area contributed by atoms with Crippen LogP contribution in [-0.4, -0.2) is 46.7 Å². The average Bonchev–Trinajstić information content (AvgIpc) is 3.02. The largest absolute Gasteiger partial charge is 0.459 e. The summed E-state index contributed by atoms with van der Waals surface area (Å²) in [5, 5.41) is 1.30. The van der Waals surface area contributed by atoms with Gasteiger partial charge in [0.25, 0.3) is 0 Å². The number of rotatable bonds is 5. The minimum Gasteiger partial charge on any atom is -0.459 e. The lowest BCUT2D eigenvalue weighted by Gasteiger charge is -2.56. The van der Waals surface area contributed by atoms with Gasteiger partial charge in [0.2, 0.25) is 0 Å². The monoisotopic (exact) mass is 464 g/mol. The van der Waals surface area contributed by atoms with Crippen LogP contribution in [0.15, 0.2) is 34.3 Å². The van der Waals surface area contributed by atoms with Gasteiger partial charge in [-0.2, -0.15) is 0 Å². The molecular formula is C24H32O7S. The second-order valence-electron chi connectivity index (χ2n) is 9.17. The normalized spacial score (nSPS) is 35.8. The molecule has 32 heavy (non-hydrogen) atoms. The van der Waals surface area contributed by atoms with Gasteiger partial charge in [-0.05, 0) is 46.0 Å². The Labute approximate surface area is 191 Å². The molecule has 0 N–H and O–H groups in total. The molecule has 0 aromatic heterocycles. The van der Waals surface area contributed by atoms with E-state index in [9.17, 15) is 18.6 Å². The Bertz CT molecular complexity index is 931. The number of fused-ring (bicyclic) bond motifs is 2. The van der Waals surface area contributed by atoms with Crippen molar-refractivity contribution in [1.82, 2.24) is 0 Å². The Balaban J connectivity index is 1.97. The minimum atomic E-state index is -1.24. The van der Waals surface area contributed by atoms with Crippen LogP contribution in [0.1, 0.15) is 53.9 Å². The zero-order valence-corrected chi connectivity index (χ0v) is 20.3. The number of ether oxygens (including phenoxy) is 3. The molecule has 176 valence electrons. The molecule has 0 saturated heterocycles. The van der Waals surface area contributed by atoms with Crippen molar-refractivity contribution in [3.8, 4) is 0 Å². The maximum Gasteiger partial charge on any atom is 0.334 e. The zero-order chi connectivity index (χ0) is 23.8. The van der Waals surface area contributed by atoms with E-state index in [-0.39, 0.29) is 17.8 Å². The molecule has 7 nitrogen and oxygen atoms in total. The van der Waals surface area contributed by atoms with E-state index in [0.29, 0.717) is 24.0 Å². The molecule has 2 aliphatic carbocycles. The summed E-state index contributed by atoms with van der Waals surface area (Å²) in [6.07, 6.45) is 4.99. The first-order valence-corrected chi connectivity index (χ1v) is 12.6. The molecule has 0 spiro atoms. The lowest BCUT2D eigenvalue weighted by molar-refractivity contribution is -0.184. The number of allylic oxidation sites excluding steroid dienone is 1. The summed E-state index contributed by atoms with van der Waals surface area (Å²) in [5.41, 5.74) is 1.15. The molecule has 0 radical (unpaired) electrons. The van der Waals surface area contributed by atoms with Gasteiger partial charge < -0.3 is 14.2 Å². The molecule has 2 fully saturated rings. The fourth-order valence-corrected chi connectivity index (χ4v) is 5.61. The number of carbonyl (C=O) groups is 3. The van der Waals surface area contributed by atoms with Gasteiger partial charge in [0, 0.05) is 56.6 Å². The van der Waals surface area contributed by atoms with Crippen LogP contribution in [0.2, 0.25) is 0 Å². The second-order valence-corrected chi connectivity index (χ2v) is 10.4. The number of hydrogen-bond acceptors (Lipinski definition) is 7. The van der Waals surface area contributed by atoms with E-state index >= 15 is 0 Å². The van der Waals surface area contributed by atoms with Gasteiger partial charge in [-0.1, -0.05) is 19.9 Å². The number of carbonyl (C=O) groups excluding carboxylic acids is 3. The summed E-state index contributed by atoms with van der Waals surface area (Å²) < 4.78 is 28.6. The molecular weight excluding hydrogens is 432 g/mol. The predicted octanol–water partition coefficient (Wildman–Crippen LogP) is 3.37. The van der Waals surface area contributed by atoms with Gasteiger partial charge in [0.15, 0.2) is 0 Å². The van der Waals surface area contributed by atoms with Crippen molar-refractivity contribution in [3.63, 3.8) is 0 Å². The van der Waals surface area contributed by atoms with Crippen LogP contribution >= 0.6 is 0 Å². The van der Waals surface area contributed by atoms with Gasteiger partial charge in [0.05, 0.1) is 0 Å². The van der Waals surface area contributed by atoms with E-state index in [0.717, 1.165) is 12.0 Å². The molecule has 2 saturated carbocycles. The second kappa shape index (κ2) is 9.33. The van der Waals surface area contributed by atoms with Crippen LogP contribution in [0.25, 0.3) is 0 Å². The Morgan fingerprint density at radius 1 is 1.25 bits per heavy atom. The van der Waals surface area contributed by atoms with Gasteiger partial charge in [-0.3, -0.25) is 4.21 Å². The summed E-state index contributed by atoms with van der Waals surface area (Å²) in [4.78, 5) is 37.4. The molecule has 3 aliphatic rings. The quantitative estimate of drug-likeness (QED) is 0.350. The lowest BCUT2D eigenvalue weighted by atomic mass is 9.52. The van der Waals surface area contributed by atoms with E-state index < -0.39 is 46.5 Å². The van der Waals surface area contributed by atoms with Crippen LogP contribution in [0.5, 0.6) is 0 Å². The highest BCUT2D eigenvalue weighted by atomic mass is 32.2. The van der Waals surface area contributed by atoms with Crippen LogP contribution in [0.3, 0.4) is 0 Å². The molecule has 7 unspecified atom stereocenters. The molecule has 0 amide bonds. The van der Waals surface area contributed by atoms with Crippen LogP contribution in [0.4, 0.5) is 0 Å². The van der Waals surface area contributed by atoms with Crippen molar-refractivity contribution in [2.45, 2.75) is 72.2 Å². The Morgan fingerprint density at radius 3 is 2.56 bits per heavy atom. The highest BCUT2D eigenvalue weighted by Crippen LogP contribution is 2.58. The van der Waals surface area contributed by atoms with Crippen molar-refractivity contribution >= 4 is 28.7 Å². The van der Waals surface area contributed by atoms with Crippen LogP contribution < -0.4 is 0 Å². The predicted molar refractivity (Wildman–Crippen MR) is 120 cm³/mol. The van der Waals surface area contributed by atoms with Crippen LogP contribution in [0, 0.1) is 17.3 Å². The minimum absolute atomic E-state index is 0.127. The lowest BCUT2D eigenvalue weighted by Crippen LogP contribution is -2.58. The van der Waals surface area contributed by atoms with E-state index in [1.165, 1.54) is 17.7 Å². The molecule has 0 aromatic rings. The van der Waals surface area contributed by atoms with Gasteiger partial charge in [-0.15, -0.1) is 0 Å². The average molecular weight is 465 g/mol. The highest BCUT2D eigenvalue weighted by Gasteiger charge is 2.61. The smallest absolute Gasteiger partial charge is 0.334 e. The molecule has 0 bridgehead atoms. The summed E-state index contributed by atoms with van der Waals surface area (Å²) in [5.74, 6) is -1.36. The third-order valence-electron chi connectivity index (χ3n) is 7.54. The van der Waals surface area contributed by atoms with Crippen molar-refractivity contribution in [3.05, 3.63) is 34.3 Å². The van der Waals surface area contributed by atoms with Crippen molar-refractivity contribution in [2.75, 3.05) is 6.26 Å². The van der Waals surface area contributed by atoms with Gasteiger partial charge in [-0.25, -0.2) is 14.4 Å². The fourth-order valence-electron chi connectivity index (χ4n) is 5.31. The molecule has 1 aliphatic heterocycles. The molecule has 3 rings (SSSR count). The van der Waals surface area contributed by atoms with E-state index in [1.807, 2.05) is 6.92 Å². The summed E-state index contributed by atoms with van der Waals surface area (Å²) in [6.45, 7) is 9.24. The van der Waals surface area contributed by atoms with Gasteiger partial charge in [0.1, 0.15) is 18.3 Å². The van der Waals surface area contributed by atoms with Crippen molar-refractivity contribution in [1.29, 1.82) is 0 Å². The number of hydrogen-bond donors (Lipinski definition) is 0. The summed E-state index contributed by atoms with van der Waals surface area (Å²) in [6, 6.07) is 0. The van der Waals surface area contributed by atoms with Crippen molar-refractivity contribution in [2.24, 2.45) is 17.3 Å². The third-order valence-corrected chi connectivity index (χ3v) is 8.06. The first-order valence-electron chi connectivity index (χ1n) is 11.0. The molecule has 7 atom stereocenters. The van der Waals surface area contributed by atoms with Crippen LogP contribution in [-0.2, 0) is 39.4 Å². The summed E-state index contributed by atoms with van der Waals surface area (Å²) in [7, 11) is -1.24.